The number of non-ortho nitro benzene ring substituents is 1. The second kappa shape index (κ2) is 10.2. The van der Waals surface area contributed by atoms with E-state index in [1.807, 2.05) is 0 Å². The highest BCUT2D eigenvalue weighted by atomic mass is 35.5. The molecule has 33 heavy (non-hydrogen) atoms. The Morgan fingerprint density at radius 3 is 2.33 bits per heavy atom. The minimum atomic E-state index is -4.25. The number of ether oxygens (including phenoxy) is 1. The summed E-state index contributed by atoms with van der Waals surface area (Å²) in [7, 11) is -4.25. The number of sulfonamides is 1. The molecule has 3 aromatic carbocycles. The number of alkyl halides is 2. The topological polar surface area (TPSA) is 123 Å². The van der Waals surface area contributed by atoms with Gasteiger partial charge in [0.25, 0.3) is 15.7 Å². The molecule has 0 fully saturated rings. The van der Waals surface area contributed by atoms with Gasteiger partial charge in [-0.05, 0) is 60.2 Å². The van der Waals surface area contributed by atoms with Crippen molar-refractivity contribution in [2.75, 3.05) is 10.1 Å². The Kier molecular flexibility index (Phi) is 7.41. The Morgan fingerprint density at radius 2 is 1.73 bits per heavy atom. The monoisotopic (exact) mass is 496 g/mol. The van der Waals surface area contributed by atoms with Gasteiger partial charge in [-0.2, -0.15) is 13.9 Å². The lowest BCUT2D eigenvalue weighted by Gasteiger charge is -2.12. The molecule has 0 amide bonds. The number of hydrogen-bond acceptors (Lipinski definition) is 7. The standard InChI is InChI=1S/C20H15ClF2N4O5S/c21-14-3-5-15(6-4-14)26-33(30,31)19-11-16(27(28)29)7-10-18(19)25-24-12-13-1-8-17(9-2-13)32-20(22)23/h1-12,20,25-26H/b24-12+. The molecule has 0 saturated carbocycles. The van der Waals surface area contributed by atoms with Crippen molar-refractivity contribution < 1.29 is 26.9 Å². The Balaban J connectivity index is 1.85. The summed E-state index contributed by atoms with van der Waals surface area (Å²) in [6, 6.07) is 14.6. The van der Waals surface area contributed by atoms with Crippen molar-refractivity contribution in [2.24, 2.45) is 5.10 Å². The van der Waals surface area contributed by atoms with Crippen LogP contribution >= 0.6 is 11.6 Å². The van der Waals surface area contributed by atoms with Crippen molar-refractivity contribution in [1.82, 2.24) is 0 Å². The summed E-state index contributed by atoms with van der Waals surface area (Å²) >= 11 is 5.80. The smallest absolute Gasteiger partial charge is 0.387 e. The molecule has 13 heteroatoms. The number of nitrogens with one attached hydrogen (secondary N) is 2. The third-order valence-electron chi connectivity index (χ3n) is 4.07. The van der Waals surface area contributed by atoms with E-state index in [1.54, 1.807) is 0 Å². The van der Waals surface area contributed by atoms with Gasteiger partial charge in [-0.3, -0.25) is 20.3 Å². The molecule has 0 aliphatic rings. The van der Waals surface area contributed by atoms with E-state index >= 15 is 0 Å². The first kappa shape index (κ1) is 23.9. The number of hydrazone groups is 1. The van der Waals surface area contributed by atoms with Crippen molar-refractivity contribution in [3.63, 3.8) is 0 Å². The molecule has 0 unspecified atom stereocenters. The van der Waals surface area contributed by atoms with E-state index in [0.29, 0.717) is 10.6 Å². The largest absolute Gasteiger partial charge is 0.435 e. The van der Waals surface area contributed by atoms with Crippen LogP contribution in [0.4, 0.5) is 25.8 Å². The molecule has 3 aromatic rings. The van der Waals surface area contributed by atoms with E-state index in [0.717, 1.165) is 12.1 Å². The summed E-state index contributed by atoms with van der Waals surface area (Å²) in [6.45, 7) is -2.95. The molecular formula is C20H15ClF2N4O5S. The lowest BCUT2D eigenvalue weighted by Crippen LogP contribution is -2.15. The fraction of sp³-hybridized carbons (Fsp3) is 0.0500. The van der Waals surface area contributed by atoms with Gasteiger partial charge in [0, 0.05) is 22.8 Å². The fourth-order valence-corrected chi connectivity index (χ4v) is 3.94. The van der Waals surface area contributed by atoms with Crippen LogP contribution in [0.25, 0.3) is 0 Å². The Labute approximate surface area is 191 Å². The van der Waals surface area contributed by atoms with Gasteiger partial charge in [0.05, 0.1) is 16.8 Å². The average Bonchev–Trinajstić information content (AvgIpc) is 2.76. The summed E-state index contributed by atoms with van der Waals surface area (Å²) in [5.41, 5.74) is 2.76. The highest BCUT2D eigenvalue weighted by Crippen LogP contribution is 2.28. The summed E-state index contributed by atoms with van der Waals surface area (Å²) in [4.78, 5) is 10.0. The first-order valence-corrected chi connectivity index (χ1v) is 10.9. The minimum absolute atomic E-state index is 0.0315. The van der Waals surface area contributed by atoms with Crippen LogP contribution in [0.2, 0.25) is 5.02 Å². The molecule has 2 N–H and O–H groups in total. The zero-order valence-corrected chi connectivity index (χ0v) is 18.1. The summed E-state index contributed by atoms with van der Waals surface area (Å²) in [5, 5.41) is 15.5. The molecule has 0 atom stereocenters. The maximum absolute atomic E-state index is 12.9. The predicted molar refractivity (Wildman–Crippen MR) is 120 cm³/mol. The van der Waals surface area contributed by atoms with Gasteiger partial charge < -0.3 is 4.74 Å². The van der Waals surface area contributed by atoms with E-state index in [-0.39, 0.29) is 17.1 Å². The molecule has 0 aromatic heterocycles. The number of hydrogen-bond donors (Lipinski definition) is 2. The van der Waals surface area contributed by atoms with Gasteiger partial charge in [-0.1, -0.05) is 11.6 Å². The van der Waals surface area contributed by atoms with Gasteiger partial charge in [0.1, 0.15) is 10.6 Å². The summed E-state index contributed by atoms with van der Waals surface area (Å²) in [6.07, 6.45) is 1.30. The zero-order valence-electron chi connectivity index (χ0n) is 16.5. The predicted octanol–water partition coefficient (Wildman–Crippen LogP) is 5.10. The second-order valence-corrected chi connectivity index (χ2v) is 8.45. The summed E-state index contributed by atoms with van der Waals surface area (Å²) in [5.74, 6) is -0.0351. The number of nitrogens with zero attached hydrogens (tertiary/aromatic N) is 2. The number of anilines is 2. The normalized spacial score (nSPS) is 11.5. The molecule has 0 bridgehead atoms. The molecule has 0 heterocycles. The average molecular weight is 497 g/mol. The number of nitro benzene ring substituents is 1. The fourth-order valence-electron chi connectivity index (χ4n) is 2.58. The van der Waals surface area contributed by atoms with Gasteiger partial charge in [-0.25, -0.2) is 8.42 Å². The van der Waals surface area contributed by atoms with Crippen LogP contribution in [-0.2, 0) is 10.0 Å². The number of benzene rings is 3. The maximum atomic E-state index is 12.9. The van der Waals surface area contributed by atoms with E-state index in [9.17, 15) is 27.3 Å². The molecule has 0 radical (unpaired) electrons. The first-order valence-electron chi connectivity index (χ1n) is 9.05. The SMILES string of the molecule is O=[N+]([O-])c1ccc(N/N=C/c2ccc(OC(F)F)cc2)c(S(=O)(=O)Nc2ccc(Cl)cc2)c1. The van der Waals surface area contributed by atoms with Crippen molar-refractivity contribution in [2.45, 2.75) is 11.5 Å². The van der Waals surface area contributed by atoms with Gasteiger partial charge >= 0.3 is 6.61 Å². The minimum Gasteiger partial charge on any atom is -0.435 e. The first-order chi connectivity index (χ1) is 15.6. The molecule has 0 aliphatic heterocycles. The molecule has 0 aliphatic carbocycles. The molecule has 0 spiro atoms. The molecule has 9 nitrogen and oxygen atoms in total. The van der Waals surface area contributed by atoms with E-state index < -0.39 is 32.1 Å². The van der Waals surface area contributed by atoms with Crippen LogP contribution in [0.3, 0.4) is 0 Å². The van der Waals surface area contributed by atoms with Gasteiger partial charge in [0.2, 0.25) is 0 Å². The highest BCUT2D eigenvalue weighted by Gasteiger charge is 2.22. The zero-order chi connectivity index (χ0) is 24.0. The molecule has 0 saturated heterocycles. The third-order valence-corrected chi connectivity index (χ3v) is 5.74. The second-order valence-electron chi connectivity index (χ2n) is 6.37. The van der Waals surface area contributed by atoms with E-state index in [4.69, 9.17) is 11.6 Å². The van der Waals surface area contributed by atoms with Crippen LogP contribution in [0.1, 0.15) is 5.56 Å². The lowest BCUT2D eigenvalue weighted by atomic mass is 10.2. The van der Waals surface area contributed by atoms with Crippen molar-refractivity contribution in [3.05, 3.63) is 87.4 Å². The number of rotatable bonds is 9. The van der Waals surface area contributed by atoms with E-state index in [1.165, 1.54) is 60.8 Å². The van der Waals surface area contributed by atoms with Crippen molar-refractivity contribution >= 4 is 44.9 Å². The quantitative estimate of drug-likeness (QED) is 0.241. The van der Waals surface area contributed by atoms with Crippen molar-refractivity contribution in [1.29, 1.82) is 0 Å². The van der Waals surface area contributed by atoms with E-state index in [2.05, 4.69) is 20.0 Å². The lowest BCUT2D eigenvalue weighted by molar-refractivity contribution is -0.385. The molecule has 3 rings (SSSR count). The van der Waals surface area contributed by atoms with Gasteiger partial charge in [0.15, 0.2) is 0 Å². The Morgan fingerprint density at radius 1 is 1.06 bits per heavy atom. The van der Waals surface area contributed by atoms with Crippen LogP contribution in [-0.4, -0.2) is 26.2 Å². The Bertz CT molecular complexity index is 1270. The van der Waals surface area contributed by atoms with Crippen LogP contribution < -0.4 is 14.9 Å². The molecular weight excluding hydrogens is 482 g/mol. The third kappa shape index (κ3) is 6.60. The highest BCUT2D eigenvalue weighted by molar-refractivity contribution is 7.92. The van der Waals surface area contributed by atoms with Crippen molar-refractivity contribution in [3.8, 4) is 5.75 Å². The van der Waals surface area contributed by atoms with Gasteiger partial charge in [-0.15, -0.1) is 0 Å². The number of nitro groups is 1. The van der Waals surface area contributed by atoms with Crippen LogP contribution in [0, 0.1) is 10.1 Å². The maximum Gasteiger partial charge on any atom is 0.387 e. The molecule has 172 valence electrons. The van der Waals surface area contributed by atoms with Crippen LogP contribution in [0.5, 0.6) is 5.75 Å². The Hall–Kier alpha value is -3.77. The van der Waals surface area contributed by atoms with Crippen LogP contribution in [0.15, 0.2) is 76.7 Å². The number of halogens is 3. The summed E-state index contributed by atoms with van der Waals surface area (Å²) < 4.78 is 56.8.